The molecule has 94 heavy (non-hydrogen) atoms. The van der Waals surface area contributed by atoms with Crippen LogP contribution in [0.2, 0.25) is 0 Å². The third kappa shape index (κ3) is 45.2. The molecule has 12 unspecified atom stereocenters. The zero-order chi connectivity index (χ0) is 68.0. The Kier molecular flexibility index (Phi) is 56.7. The van der Waals surface area contributed by atoms with Crippen LogP contribution in [0.5, 0.6) is 0 Å². The summed E-state index contributed by atoms with van der Waals surface area (Å²) < 4.78 is 22.8. The van der Waals surface area contributed by atoms with Gasteiger partial charge in [-0.05, 0) is 122 Å². The summed E-state index contributed by atoms with van der Waals surface area (Å²) in [6.07, 6.45) is 78.7. The van der Waals surface area contributed by atoms with Gasteiger partial charge in [0.2, 0.25) is 5.91 Å². The molecule has 0 spiro atoms. The van der Waals surface area contributed by atoms with E-state index in [1.165, 1.54) is 96.3 Å². The van der Waals surface area contributed by atoms with Crippen molar-refractivity contribution in [1.82, 2.24) is 5.32 Å². The number of aliphatic hydroxyl groups is 8. The van der Waals surface area contributed by atoms with Crippen LogP contribution in [0.25, 0.3) is 0 Å². The molecule has 2 saturated heterocycles. The van der Waals surface area contributed by atoms with Crippen molar-refractivity contribution >= 4 is 5.91 Å². The molecule has 2 heterocycles. The van der Waals surface area contributed by atoms with Crippen LogP contribution in [0, 0.1) is 0 Å². The number of carbonyl (C=O) groups excluding carboxylic acids is 1. The van der Waals surface area contributed by atoms with Crippen molar-refractivity contribution < 1.29 is 64.6 Å². The molecule has 9 N–H and O–H groups in total. The molecule has 2 fully saturated rings. The van der Waals surface area contributed by atoms with E-state index in [4.69, 9.17) is 18.9 Å². The molecule has 2 aliphatic heterocycles. The fourth-order valence-electron chi connectivity index (χ4n) is 10.9. The first kappa shape index (κ1) is 85.7. The summed E-state index contributed by atoms with van der Waals surface area (Å²) in [6, 6.07) is -0.952. The highest BCUT2D eigenvalue weighted by Gasteiger charge is 2.51. The smallest absolute Gasteiger partial charge is 0.220 e. The van der Waals surface area contributed by atoms with Crippen LogP contribution >= 0.6 is 0 Å². The fourth-order valence-corrected chi connectivity index (χ4v) is 10.9. The summed E-state index contributed by atoms with van der Waals surface area (Å²) in [6.45, 7) is 2.65. The van der Waals surface area contributed by atoms with Gasteiger partial charge in [0, 0.05) is 6.42 Å². The minimum absolute atomic E-state index is 0.255. The quantitative estimate of drug-likeness (QED) is 0.0204. The number of ether oxygens (including phenoxy) is 4. The van der Waals surface area contributed by atoms with Gasteiger partial charge in [-0.25, -0.2) is 0 Å². The minimum atomic E-state index is -1.80. The molecule has 14 nitrogen and oxygen atoms in total. The number of amides is 1. The summed E-state index contributed by atoms with van der Waals surface area (Å²) in [5, 5.41) is 87.4. The Morgan fingerprint density at radius 2 is 0.745 bits per heavy atom. The van der Waals surface area contributed by atoms with Crippen LogP contribution in [0.4, 0.5) is 0 Å². The minimum Gasteiger partial charge on any atom is -0.394 e. The third-order valence-electron chi connectivity index (χ3n) is 16.7. The highest BCUT2D eigenvalue weighted by atomic mass is 16.7. The van der Waals surface area contributed by atoms with Gasteiger partial charge >= 0.3 is 0 Å². The summed E-state index contributed by atoms with van der Waals surface area (Å²) in [5.74, 6) is -0.264. The van der Waals surface area contributed by atoms with Gasteiger partial charge in [-0.3, -0.25) is 4.79 Å². The zero-order valence-electron chi connectivity index (χ0n) is 58.1. The SMILES string of the molecule is CC/C=C\C/C=C\C/C=C\C/C=C\C/C=C\C/C=C\C/C=C\C/C=C\C/C=C\C/C=C\CCCCCCCCCCCCC(=O)NC(COC1OC(CO)C(OC2OC(CO)C(O)C(O)C2O)C(O)C1O)C(O)/C=C/CC/C=C/CC/C=C/CCCCCCCCCCC. The second-order valence-corrected chi connectivity index (χ2v) is 25.0. The van der Waals surface area contributed by atoms with E-state index in [-0.39, 0.29) is 18.9 Å². The van der Waals surface area contributed by atoms with Gasteiger partial charge in [0.15, 0.2) is 12.6 Å². The number of hydrogen-bond acceptors (Lipinski definition) is 13. The van der Waals surface area contributed by atoms with Crippen molar-refractivity contribution in [3.63, 3.8) is 0 Å². The molecule has 0 aromatic rings. The molecule has 0 aromatic heterocycles. The second-order valence-electron chi connectivity index (χ2n) is 25.0. The maximum absolute atomic E-state index is 13.3. The average molecular weight is 1310 g/mol. The molecule has 14 heteroatoms. The molecule has 0 bridgehead atoms. The Labute approximate surface area is 569 Å². The van der Waals surface area contributed by atoms with Crippen molar-refractivity contribution in [2.45, 2.75) is 319 Å². The molecule has 2 aliphatic rings. The summed E-state index contributed by atoms with van der Waals surface area (Å²) in [5.41, 5.74) is 0. The van der Waals surface area contributed by atoms with Crippen LogP contribution < -0.4 is 5.32 Å². The molecule has 0 aromatic carbocycles. The average Bonchev–Trinajstić information content (AvgIpc) is 0.794. The third-order valence-corrected chi connectivity index (χ3v) is 16.7. The molecule has 534 valence electrons. The highest BCUT2D eigenvalue weighted by molar-refractivity contribution is 5.76. The van der Waals surface area contributed by atoms with Crippen LogP contribution in [0.15, 0.2) is 158 Å². The van der Waals surface area contributed by atoms with Crippen LogP contribution in [-0.2, 0) is 23.7 Å². The number of unbranched alkanes of at least 4 members (excludes halogenated alkanes) is 21. The topological polar surface area (TPSA) is 228 Å². The summed E-state index contributed by atoms with van der Waals surface area (Å²) in [7, 11) is 0. The lowest BCUT2D eigenvalue weighted by Crippen LogP contribution is -2.65. The highest BCUT2D eigenvalue weighted by Crippen LogP contribution is 2.30. The van der Waals surface area contributed by atoms with Gasteiger partial charge < -0.3 is 65.1 Å². The van der Waals surface area contributed by atoms with Gasteiger partial charge in [0.25, 0.3) is 0 Å². The first-order chi connectivity index (χ1) is 46.1. The van der Waals surface area contributed by atoms with E-state index in [0.717, 1.165) is 116 Å². The molecule has 0 aliphatic carbocycles. The Morgan fingerprint density at radius 1 is 0.394 bits per heavy atom. The summed E-state index contributed by atoms with van der Waals surface area (Å²) in [4.78, 5) is 13.3. The number of aliphatic hydroxyl groups excluding tert-OH is 8. The van der Waals surface area contributed by atoms with Crippen LogP contribution in [-0.4, -0.2) is 140 Å². The lowest BCUT2D eigenvalue weighted by Gasteiger charge is -2.46. The lowest BCUT2D eigenvalue weighted by atomic mass is 9.97. The Morgan fingerprint density at radius 3 is 1.17 bits per heavy atom. The second kappa shape index (κ2) is 62.2. The monoisotopic (exact) mass is 1310 g/mol. The van der Waals surface area contributed by atoms with E-state index >= 15 is 0 Å². The number of hydrogen-bond donors (Lipinski definition) is 9. The van der Waals surface area contributed by atoms with E-state index in [2.05, 4.69) is 165 Å². The molecule has 1 amide bonds. The molecule has 2 rings (SSSR count). The number of rotatable bonds is 58. The van der Waals surface area contributed by atoms with Crippen molar-refractivity contribution in [3.05, 3.63) is 158 Å². The predicted molar refractivity (Wildman–Crippen MR) is 387 cm³/mol. The Bertz CT molecular complexity index is 2190. The Balaban J connectivity index is 1.64. The van der Waals surface area contributed by atoms with E-state index in [0.29, 0.717) is 12.8 Å². The molecule has 0 saturated carbocycles. The van der Waals surface area contributed by atoms with Crippen LogP contribution in [0.3, 0.4) is 0 Å². The molecular formula is C80H131NO13. The van der Waals surface area contributed by atoms with Gasteiger partial charge in [-0.1, -0.05) is 275 Å². The fraction of sp³-hybridized carbons (Fsp3) is 0.662. The van der Waals surface area contributed by atoms with Crippen molar-refractivity contribution in [2.24, 2.45) is 0 Å². The number of nitrogens with one attached hydrogen (secondary N) is 1. The van der Waals surface area contributed by atoms with Gasteiger partial charge in [0.1, 0.15) is 48.8 Å². The maximum atomic E-state index is 13.3. The van der Waals surface area contributed by atoms with Crippen molar-refractivity contribution in [3.8, 4) is 0 Å². The number of allylic oxidation sites excluding steroid dienone is 25. The largest absolute Gasteiger partial charge is 0.394 e. The Hall–Kier alpha value is -4.39. The zero-order valence-corrected chi connectivity index (χ0v) is 58.1. The van der Waals surface area contributed by atoms with Gasteiger partial charge in [-0.15, -0.1) is 0 Å². The lowest BCUT2D eigenvalue weighted by molar-refractivity contribution is -0.359. The van der Waals surface area contributed by atoms with Crippen molar-refractivity contribution in [2.75, 3.05) is 19.8 Å². The normalized spacial score (nSPS) is 23.4. The first-order valence-corrected chi connectivity index (χ1v) is 36.7. The predicted octanol–water partition coefficient (Wildman–Crippen LogP) is 15.8. The first-order valence-electron chi connectivity index (χ1n) is 36.7. The standard InChI is InChI=1S/C80H131NO13/c1-3-5-7-9-11-13-15-17-19-21-23-24-25-26-27-28-29-30-31-32-33-34-35-36-37-38-39-40-41-42-43-44-46-48-50-52-54-56-58-60-62-64-72(85)81-68(69(84)63-61-59-57-55-53-51-49-47-45-22-20-18-16-14-12-10-8-6-4-2)67-91-79-77(90)75(88)78(71(66-83)93-79)94-80-76(89)74(87)73(86)70(65-82)92-80/h5,7,11,13,17,19,23-24,26-27,29-30,32-33,35-36,38-39,41-42,45,47,53,55,61,63,68-71,73-80,82-84,86-90H,3-4,6,8-10,12,14-16,18,20-22,25,28,31,34,37,40,43-44,46,48-52,54,56-60,62,64-67H2,1-2H3,(H,81,85)/b7-5-,13-11-,19-17-,24-23-,27-26-,30-29-,33-32-,36-35-,39-38-,42-41-,47-45+,55-53+,63-61+. The summed E-state index contributed by atoms with van der Waals surface area (Å²) >= 11 is 0. The maximum Gasteiger partial charge on any atom is 0.220 e. The number of carbonyl (C=O) groups is 1. The molecule has 0 radical (unpaired) electrons. The molecule has 12 atom stereocenters. The van der Waals surface area contributed by atoms with E-state index in [1.807, 2.05) is 6.08 Å². The van der Waals surface area contributed by atoms with E-state index < -0.39 is 86.8 Å². The van der Waals surface area contributed by atoms with E-state index in [1.54, 1.807) is 6.08 Å². The van der Waals surface area contributed by atoms with E-state index in [9.17, 15) is 45.6 Å². The van der Waals surface area contributed by atoms with Crippen molar-refractivity contribution in [1.29, 1.82) is 0 Å². The molecular weight excluding hydrogens is 1180 g/mol. The van der Waals surface area contributed by atoms with Crippen LogP contribution in [0.1, 0.15) is 245 Å². The van der Waals surface area contributed by atoms with Gasteiger partial charge in [-0.2, -0.15) is 0 Å². The van der Waals surface area contributed by atoms with Gasteiger partial charge in [0.05, 0.1) is 32.0 Å².